The minimum atomic E-state index is -0.0584. The van der Waals surface area contributed by atoms with Crippen LogP contribution in [0.25, 0.3) is 10.2 Å². The Morgan fingerprint density at radius 2 is 2.00 bits per heavy atom. The number of aromatic nitrogens is 1. The summed E-state index contributed by atoms with van der Waals surface area (Å²) in [5.41, 5.74) is 5.58. The second-order valence-electron chi connectivity index (χ2n) is 6.43. The van der Waals surface area contributed by atoms with Crippen LogP contribution in [0.2, 0.25) is 0 Å². The Balaban J connectivity index is 1.54. The fourth-order valence-electron chi connectivity index (χ4n) is 2.78. The van der Waals surface area contributed by atoms with Gasteiger partial charge in [-0.25, -0.2) is 9.99 Å². The zero-order valence-corrected chi connectivity index (χ0v) is 16.7. The van der Waals surface area contributed by atoms with E-state index in [-0.39, 0.29) is 5.91 Å². The molecule has 0 spiro atoms. The Bertz CT molecular complexity index is 842. The number of anilines is 1. The van der Waals surface area contributed by atoms with Crippen molar-refractivity contribution in [3.8, 4) is 0 Å². The molecule has 0 bridgehead atoms. The van der Waals surface area contributed by atoms with E-state index < -0.39 is 0 Å². The van der Waals surface area contributed by atoms with Gasteiger partial charge >= 0.3 is 0 Å². The number of hydrogen-bond acceptors (Lipinski definition) is 5. The van der Waals surface area contributed by atoms with E-state index in [0.717, 1.165) is 34.6 Å². The zero-order chi connectivity index (χ0) is 19.1. The van der Waals surface area contributed by atoms with Crippen molar-refractivity contribution >= 4 is 33.1 Å². The fraction of sp³-hybridized carbons (Fsp3) is 0.333. The number of carbonyl (C=O) groups is 1. The highest BCUT2D eigenvalue weighted by Gasteiger charge is 2.10. The standard InChI is InChI=1S/C21H26N4OS/c1-3-5-13-25(4-2)24-18-10-8-16(9-11-18)15-23-20(26)19-14-17-7-6-12-22-21(17)27-19/h6-12,14,24H,3-5,13,15H2,1-2H3,(H,23,26). The molecule has 2 heterocycles. The van der Waals surface area contributed by atoms with Gasteiger partial charge in [0.2, 0.25) is 0 Å². The van der Waals surface area contributed by atoms with Crippen LogP contribution in [0.3, 0.4) is 0 Å². The molecule has 0 aliphatic rings. The summed E-state index contributed by atoms with van der Waals surface area (Å²) in [5, 5.41) is 6.21. The third-order valence-corrected chi connectivity index (χ3v) is 5.43. The number of amides is 1. The molecule has 0 saturated carbocycles. The number of thiophene rings is 1. The monoisotopic (exact) mass is 382 g/mol. The normalized spacial score (nSPS) is 11.1. The molecule has 2 N–H and O–H groups in total. The molecule has 1 amide bonds. The number of hydrazine groups is 1. The Kier molecular flexibility index (Phi) is 6.79. The average molecular weight is 383 g/mol. The highest BCUT2D eigenvalue weighted by Crippen LogP contribution is 2.23. The second-order valence-corrected chi connectivity index (χ2v) is 7.46. The topological polar surface area (TPSA) is 57.3 Å². The van der Waals surface area contributed by atoms with E-state index in [9.17, 15) is 4.79 Å². The Morgan fingerprint density at radius 1 is 1.19 bits per heavy atom. The Morgan fingerprint density at radius 3 is 2.70 bits per heavy atom. The summed E-state index contributed by atoms with van der Waals surface area (Å²) in [5.74, 6) is -0.0584. The van der Waals surface area contributed by atoms with Gasteiger partial charge < -0.3 is 10.7 Å². The maximum Gasteiger partial charge on any atom is 0.261 e. The van der Waals surface area contributed by atoms with Crippen molar-refractivity contribution in [3.05, 3.63) is 59.1 Å². The fourth-order valence-corrected chi connectivity index (χ4v) is 3.69. The van der Waals surface area contributed by atoms with Crippen LogP contribution >= 0.6 is 11.3 Å². The van der Waals surface area contributed by atoms with Crippen molar-refractivity contribution in [2.75, 3.05) is 18.5 Å². The Labute approximate surface area is 164 Å². The quantitative estimate of drug-likeness (QED) is 0.528. The smallest absolute Gasteiger partial charge is 0.261 e. The van der Waals surface area contributed by atoms with Gasteiger partial charge in [-0.3, -0.25) is 4.79 Å². The van der Waals surface area contributed by atoms with Gasteiger partial charge in [0, 0.05) is 36.9 Å². The largest absolute Gasteiger partial charge is 0.347 e. The molecule has 2 aromatic heterocycles. The summed E-state index contributed by atoms with van der Waals surface area (Å²) in [6.45, 7) is 6.85. The highest BCUT2D eigenvalue weighted by molar-refractivity contribution is 7.20. The summed E-state index contributed by atoms with van der Waals surface area (Å²) < 4.78 is 0. The molecule has 0 fully saturated rings. The average Bonchev–Trinajstić information content (AvgIpc) is 3.14. The molecule has 0 aliphatic heterocycles. The molecule has 0 radical (unpaired) electrons. The molecule has 3 rings (SSSR count). The molecule has 142 valence electrons. The van der Waals surface area contributed by atoms with Crippen molar-refractivity contribution in [1.82, 2.24) is 15.3 Å². The molecular weight excluding hydrogens is 356 g/mol. The van der Waals surface area contributed by atoms with Crippen LogP contribution in [0.5, 0.6) is 0 Å². The number of hydrogen-bond donors (Lipinski definition) is 2. The number of carbonyl (C=O) groups excluding carboxylic acids is 1. The first-order valence-electron chi connectivity index (χ1n) is 9.43. The summed E-state index contributed by atoms with van der Waals surface area (Å²) in [6, 6.07) is 13.9. The van der Waals surface area contributed by atoms with Gasteiger partial charge in [-0.05, 0) is 36.2 Å². The van der Waals surface area contributed by atoms with Gasteiger partial charge in [-0.1, -0.05) is 38.5 Å². The highest BCUT2D eigenvalue weighted by atomic mass is 32.1. The molecule has 0 atom stereocenters. The van der Waals surface area contributed by atoms with Crippen molar-refractivity contribution in [1.29, 1.82) is 0 Å². The lowest BCUT2D eigenvalue weighted by molar-refractivity contribution is 0.0955. The van der Waals surface area contributed by atoms with Crippen LogP contribution in [0.4, 0.5) is 5.69 Å². The van der Waals surface area contributed by atoms with Crippen LogP contribution in [-0.2, 0) is 6.54 Å². The molecule has 0 unspecified atom stereocenters. The van der Waals surface area contributed by atoms with Crippen LogP contribution in [0.1, 0.15) is 41.9 Å². The number of nitrogens with zero attached hydrogens (tertiary/aromatic N) is 2. The van der Waals surface area contributed by atoms with Gasteiger partial charge in [-0.2, -0.15) is 0 Å². The maximum atomic E-state index is 12.4. The summed E-state index contributed by atoms with van der Waals surface area (Å²) >= 11 is 1.42. The van der Waals surface area contributed by atoms with Crippen LogP contribution in [-0.4, -0.2) is 29.0 Å². The lowest BCUT2D eigenvalue weighted by Crippen LogP contribution is -2.30. The third kappa shape index (κ3) is 5.28. The number of benzene rings is 1. The van der Waals surface area contributed by atoms with Crippen LogP contribution in [0, 0.1) is 0 Å². The van der Waals surface area contributed by atoms with Crippen molar-refractivity contribution < 1.29 is 4.79 Å². The van der Waals surface area contributed by atoms with E-state index in [2.05, 4.69) is 46.7 Å². The molecule has 0 aliphatic carbocycles. The minimum Gasteiger partial charge on any atom is -0.347 e. The first-order chi connectivity index (χ1) is 13.2. The molecular formula is C21H26N4OS. The predicted molar refractivity (Wildman–Crippen MR) is 113 cm³/mol. The molecule has 27 heavy (non-hydrogen) atoms. The van der Waals surface area contributed by atoms with Crippen molar-refractivity contribution in [2.45, 2.75) is 33.2 Å². The first kappa shape index (κ1) is 19.3. The predicted octanol–water partition coefficient (Wildman–Crippen LogP) is 4.68. The van der Waals surface area contributed by atoms with Crippen LogP contribution in [0.15, 0.2) is 48.7 Å². The second kappa shape index (κ2) is 9.48. The van der Waals surface area contributed by atoms with Crippen LogP contribution < -0.4 is 10.7 Å². The lowest BCUT2D eigenvalue weighted by Gasteiger charge is -2.22. The van der Waals surface area contributed by atoms with Crippen molar-refractivity contribution in [2.24, 2.45) is 0 Å². The van der Waals surface area contributed by atoms with Gasteiger partial charge in [0.25, 0.3) is 5.91 Å². The third-order valence-electron chi connectivity index (χ3n) is 4.38. The van der Waals surface area contributed by atoms with Gasteiger partial charge in [0.05, 0.1) is 4.88 Å². The number of pyridine rings is 1. The number of nitrogens with one attached hydrogen (secondary N) is 2. The summed E-state index contributed by atoms with van der Waals surface area (Å²) in [7, 11) is 0. The zero-order valence-electron chi connectivity index (χ0n) is 15.9. The van der Waals surface area contributed by atoms with E-state index in [1.165, 1.54) is 24.2 Å². The van der Waals surface area contributed by atoms with E-state index in [1.807, 2.05) is 30.3 Å². The summed E-state index contributed by atoms with van der Waals surface area (Å²) in [6.07, 6.45) is 4.11. The first-order valence-corrected chi connectivity index (χ1v) is 10.2. The van der Waals surface area contributed by atoms with E-state index in [0.29, 0.717) is 11.4 Å². The molecule has 1 aromatic carbocycles. The minimum absolute atomic E-state index is 0.0584. The van der Waals surface area contributed by atoms with Gasteiger partial charge in [0.15, 0.2) is 0 Å². The van der Waals surface area contributed by atoms with Crippen molar-refractivity contribution in [3.63, 3.8) is 0 Å². The number of rotatable bonds is 9. The molecule has 0 saturated heterocycles. The van der Waals surface area contributed by atoms with E-state index in [4.69, 9.17) is 0 Å². The molecule has 5 nitrogen and oxygen atoms in total. The van der Waals surface area contributed by atoms with E-state index >= 15 is 0 Å². The van der Waals surface area contributed by atoms with Gasteiger partial charge in [0.1, 0.15) is 4.83 Å². The molecule has 6 heteroatoms. The Hall–Kier alpha value is -2.44. The molecule has 3 aromatic rings. The summed E-state index contributed by atoms with van der Waals surface area (Å²) in [4.78, 5) is 18.3. The van der Waals surface area contributed by atoms with E-state index in [1.54, 1.807) is 6.20 Å². The number of fused-ring (bicyclic) bond motifs is 1. The van der Waals surface area contributed by atoms with Gasteiger partial charge in [-0.15, -0.1) is 11.3 Å². The number of unbranched alkanes of at least 4 members (excludes halogenated alkanes) is 1. The maximum absolute atomic E-state index is 12.4. The SMILES string of the molecule is CCCCN(CC)Nc1ccc(CNC(=O)c2cc3cccnc3s2)cc1. The lowest BCUT2D eigenvalue weighted by atomic mass is 10.2.